The quantitative estimate of drug-likeness (QED) is 0.609. The van der Waals surface area contributed by atoms with Crippen molar-refractivity contribution >= 4 is 22.0 Å². The molecule has 1 aromatic rings. The van der Waals surface area contributed by atoms with Gasteiger partial charge in [0.05, 0.1) is 6.26 Å². The topological polar surface area (TPSA) is 116 Å². The molecule has 150 valence electrons. The van der Waals surface area contributed by atoms with Crippen molar-refractivity contribution in [3.05, 3.63) is 35.9 Å². The van der Waals surface area contributed by atoms with Gasteiger partial charge in [-0.2, -0.15) is 0 Å². The van der Waals surface area contributed by atoms with E-state index in [1.165, 1.54) is 4.31 Å². The molecule has 1 aliphatic heterocycles. The van der Waals surface area contributed by atoms with Gasteiger partial charge in [0.25, 0.3) is 0 Å². The normalized spacial score (nSPS) is 19.2. The largest absolute Gasteiger partial charge is 0.481 e. The number of hydrogen-bond acceptors (Lipinski definition) is 4. The Labute approximate surface area is 160 Å². The van der Waals surface area contributed by atoms with E-state index in [0.29, 0.717) is 32.2 Å². The molecule has 0 aliphatic carbocycles. The molecule has 8 nitrogen and oxygen atoms in total. The molecule has 0 radical (unpaired) electrons. The van der Waals surface area contributed by atoms with Gasteiger partial charge in [-0.15, -0.1) is 0 Å². The lowest BCUT2D eigenvalue weighted by Crippen LogP contribution is -2.53. The molecule has 3 N–H and O–H groups in total. The predicted octanol–water partition coefficient (Wildman–Crippen LogP) is 1.19. The number of hydrogen-bond donors (Lipinski definition) is 3. The van der Waals surface area contributed by atoms with Crippen molar-refractivity contribution in [2.75, 3.05) is 19.3 Å². The molecule has 1 aromatic carbocycles. The minimum atomic E-state index is -3.28. The maximum absolute atomic E-state index is 12.4. The lowest BCUT2D eigenvalue weighted by atomic mass is 10.0. The van der Waals surface area contributed by atoms with Crippen LogP contribution in [0, 0.1) is 0 Å². The number of carboxylic acid groups (broad SMARTS) is 1. The van der Waals surface area contributed by atoms with Crippen LogP contribution in [0.15, 0.2) is 30.3 Å². The van der Waals surface area contributed by atoms with Crippen LogP contribution in [-0.2, 0) is 21.2 Å². The number of carbonyl (C=O) groups is 2. The van der Waals surface area contributed by atoms with Crippen molar-refractivity contribution in [2.45, 2.75) is 44.2 Å². The molecule has 27 heavy (non-hydrogen) atoms. The van der Waals surface area contributed by atoms with Crippen molar-refractivity contribution in [1.82, 2.24) is 14.9 Å². The van der Waals surface area contributed by atoms with Gasteiger partial charge in [-0.05, 0) is 31.2 Å². The molecular weight excluding hydrogens is 370 g/mol. The predicted molar refractivity (Wildman–Crippen MR) is 102 cm³/mol. The highest BCUT2D eigenvalue weighted by Crippen LogP contribution is 2.13. The minimum absolute atomic E-state index is 0.0386. The summed E-state index contributed by atoms with van der Waals surface area (Å²) in [5.74, 6) is -0.911. The molecule has 1 heterocycles. The van der Waals surface area contributed by atoms with E-state index >= 15 is 0 Å². The van der Waals surface area contributed by atoms with Crippen molar-refractivity contribution in [3.63, 3.8) is 0 Å². The van der Waals surface area contributed by atoms with Crippen LogP contribution in [0.5, 0.6) is 0 Å². The molecule has 2 atom stereocenters. The zero-order valence-electron chi connectivity index (χ0n) is 15.4. The highest BCUT2D eigenvalue weighted by Gasteiger charge is 2.27. The molecule has 0 saturated carbocycles. The van der Waals surface area contributed by atoms with E-state index in [-0.39, 0.29) is 25.0 Å². The van der Waals surface area contributed by atoms with Crippen LogP contribution >= 0.6 is 0 Å². The Balaban J connectivity index is 1.92. The van der Waals surface area contributed by atoms with E-state index in [0.717, 1.165) is 11.8 Å². The molecule has 1 aliphatic rings. The summed E-state index contributed by atoms with van der Waals surface area (Å²) < 4.78 is 24.7. The van der Waals surface area contributed by atoms with Crippen molar-refractivity contribution < 1.29 is 23.1 Å². The van der Waals surface area contributed by atoms with E-state index in [9.17, 15) is 18.0 Å². The third kappa shape index (κ3) is 7.56. The Kier molecular flexibility index (Phi) is 7.61. The van der Waals surface area contributed by atoms with Crippen LogP contribution in [0.2, 0.25) is 0 Å². The average Bonchev–Trinajstić information content (AvgIpc) is 2.60. The van der Waals surface area contributed by atoms with E-state index < -0.39 is 22.0 Å². The van der Waals surface area contributed by atoms with Gasteiger partial charge in [0, 0.05) is 31.6 Å². The first kappa shape index (κ1) is 21.2. The van der Waals surface area contributed by atoms with Crippen LogP contribution in [-0.4, -0.2) is 61.3 Å². The lowest BCUT2D eigenvalue weighted by Gasteiger charge is -2.31. The number of nitrogens with one attached hydrogen (secondary N) is 2. The monoisotopic (exact) mass is 397 g/mol. The first-order valence-electron chi connectivity index (χ1n) is 9.02. The van der Waals surface area contributed by atoms with Gasteiger partial charge in [-0.3, -0.25) is 4.79 Å². The molecule has 1 saturated heterocycles. The third-order valence-electron chi connectivity index (χ3n) is 4.56. The van der Waals surface area contributed by atoms with Gasteiger partial charge in [0.2, 0.25) is 10.0 Å². The average molecular weight is 397 g/mol. The molecular formula is C18H27N3O5S. The summed E-state index contributed by atoms with van der Waals surface area (Å²) in [6.07, 6.45) is 3.36. The number of amides is 2. The maximum Gasteiger partial charge on any atom is 0.315 e. The van der Waals surface area contributed by atoms with Gasteiger partial charge in [0.1, 0.15) is 0 Å². The zero-order valence-corrected chi connectivity index (χ0v) is 16.2. The number of benzene rings is 1. The lowest BCUT2D eigenvalue weighted by molar-refractivity contribution is -0.137. The Morgan fingerprint density at radius 3 is 2.63 bits per heavy atom. The van der Waals surface area contributed by atoms with E-state index in [2.05, 4.69) is 10.6 Å². The van der Waals surface area contributed by atoms with Gasteiger partial charge >= 0.3 is 12.0 Å². The minimum Gasteiger partial charge on any atom is -0.481 e. The fourth-order valence-corrected chi connectivity index (χ4v) is 4.11. The molecule has 0 aromatic heterocycles. The first-order chi connectivity index (χ1) is 12.7. The van der Waals surface area contributed by atoms with Gasteiger partial charge in [0.15, 0.2) is 0 Å². The number of sulfonamides is 1. The summed E-state index contributed by atoms with van der Waals surface area (Å²) in [5, 5.41) is 14.6. The number of nitrogens with zero attached hydrogens (tertiary/aromatic N) is 1. The number of carbonyl (C=O) groups excluding carboxylic acids is 1. The Morgan fingerprint density at radius 2 is 2.00 bits per heavy atom. The van der Waals surface area contributed by atoms with Crippen LogP contribution in [0.25, 0.3) is 0 Å². The number of piperidine rings is 1. The van der Waals surface area contributed by atoms with E-state index in [1.54, 1.807) is 0 Å². The van der Waals surface area contributed by atoms with Crippen LogP contribution in [0.1, 0.15) is 31.2 Å². The van der Waals surface area contributed by atoms with Crippen molar-refractivity contribution in [1.29, 1.82) is 0 Å². The number of carboxylic acids is 1. The van der Waals surface area contributed by atoms with E-state index in [4.69, 9.17) is 5.11 Å². The van der Waals surface area contributed by atoms with Crippen LogP contribution < -0.4 is 10.6 Å². The molecule has 9 heteroatoms. The Morgan fingerprint density at radius 1 is 1.30 bits per heavy atom. The SMILES string of the molecule is CS(=O)(=O)N1CCCC(NC(=O)NC(CCC(=O)O)Cc2ccccc2)C1. The summed E-state index contributed by atoms with van der Waals surface area (Å²) in [7, 11) is -3.28. The summed E-state index contributed by atoms with van der Waals surface area (Å²) in [6, 6.07) is 8.56. The Hall–Kier alpha value is -2.13. The molecule has 2 unspecified atom stereocenters. The van der Waals surface area contributed by atoms with Crippen molar-refractivity contribution in [2.24, 2.45) is 0 Å². The van der Waals surface area contributed by atoms with E-state index in [1.807, 2.05) is 30.3 Å². The number of urea groups is 1. The summed E-state index contributed by atoms with van der Waals surface area (Å²) in [6.45, 7) is 0.721. The molecule has 2 rings (SSSR count). The molecule has 0 spiro atoms. The first-order valence-corrected chi connectivity index (χ1v) is 10.9. The molecule has 0 bridgehead atoms. The zero-order chi connectivity index (χ0) is 19.9. The number of rotatable bonds is 8. The standard InChI is InChI=1S/C18H27N3O5S/c1-27(25,26)21-11-5-8-16(13-21)20-18(24)19-15(9-10-17(22)23)12-14-6-3-2-4-7-14/h2-4,6-7,15-16H,5,8-13H2,1H3,(H,22,23)(H2,19,20,24). The smallest absolute Gasteiger partial charge is 0.315 e. The third-order valence-corrected chi connectivity index (χ3v) is 5.82. The summed E-state index contributed by atoms with van der Waals surface area (Å²) in [5.41, 5.74) is 1.01. The second kappa shape index (κ2) is 9.70. The summed E-state index contributed by atoms with van der Waals surface area (Å²) >= 11 is 0. The fraction of sp³-hybridized carbons (Fsp3) is 0.556. The van der Waals surface area contributed by atoms with Gasteiger partial charge < -0.3 is 15.7 Å². The maximum atomic E-state index is 12.4. The van der Waals surface area contributed by atoms with Crippen molar-refractivity contribution in [3.8, 4) is 0 Å². The highest BCUT2D eigenvalue weighted by molar-refractivity contribution is 7.88. The van der Waals surface area contributed by atoms with Crippen LogP contribution in [0.3, 0.4) is 0 Å². The fourth-order valence-electron chi connectivity index (χ4n) is 3.20. The van der Waals surface area contributed by atoms with Crippen LogP contribution in [0.4, 0.5) is 4.79 Å². The highest BCUT2D eigenvalue weighted by atomic mass is 32.2. The number of aliphatic carboxylic acids is 1. The second-order valence-electron chi connectivity index (χ2n) is 6.90. The second-order valence-corrected chi connectivity index (χ2v) is 8.88. The molecule has 2 amide bonds. The molecule has 1 fully saturated rings. The summed E-state index contributed by atoms with van der Waals surface area (Å²) in [4.78, 5) is 23.3. The van der Waals surface area contributed by atoms with Gasteiger partial charge in [-0.25, -0.2) is 17.5 Å². The Bertz CT molecular complexity index is 739. The van der Waals surface area contributed by atoms with Gasteiger partial charge in [-0.1, -0.05) is 30.3 Å².